The van der Waals surface area contributed by atoms with Gasteiger partial charge in [0.25, 0.3) is 0 Å². The van der Waals surface area contributed by atoms with Crippen LogP contribution in [0.1, 0.15) is 0 Å². The standard InChI is InChI=1S/C10H15ClN2O8.4Na/c11-9(10(20)21)13(5-8(18)19)2-1-12(3-6(14)15)4-7(16)17;;;;/h9H,1-5H2,(H,14,15)(H,16,17)(H,18,19)(H,20,21);;;;/q;4*+1/p-4. The fourth-order valence-corrected chi connectivity index (χ4v) is 1.60. The van der Waals surface area contributed by atoms with Gasteiger partial charge in [-0.3, -0.25) is 9.80 Å². The number of carbonyl (C=O) groups excluding carboxylic acids is 4. The van der Waals surface area contributed by atoms with Gasteiger partial charge in [-0.15, -0.1) is 0 Å². The molecule has 0 aromatic heterocycles. The number of rotatable bonds is 11. The van der Waals surface area contributed by atoms with E-state index in [-0.39, 0.29) is 131 Å². The van der Waals surface area contributed by atoms with Gasteiger partial charge in [0.05, 0.1) is 23.9 Å². The number of aliphatic carboxylic acids is 4. The SMILES string of the molecule is O=C([O-])CN(CCN(CC(=O)[O-])C(Cl)C(=O)[O-])CC(=O)[O-].[Na+].[Na+].[Na+].[Na+]. The Balaban J connectivity index is -0.000000333. The maximum atomic E-state index is 10.6. The van der Waals surface area contributed by atoms with Crippen LogP contribution in [0.3, 0.4) is 0 Å². The molecule has 25 heavy (non-hydrogen) atoms. The van der Waals surface area contributed by atoms with Crippen molar-refractivity contribution >= 4 is 35.5 Å². The molecule has 1 unspecified atom stereocenters. The molecule has 0 saturated heterocycles. The van der Waals surface area contributed by atoms with E-state index in [1.807, 2.05) is 0 Å². The first-order valence-corrected chi connectivity index (χ1v) is 5.98. The second kappa shape index (κ2) is 20.8. The number of hydrogen-bond acceptors (Lipinski definition) is 10. The summed E-state index contributed by atoms with van der Waals surface area (Å²) in [5.41, 5.74) is -1.80. The van der Waals surface area contributed by atoms with E-state index in [1.54, 1.807) is 0 Å². The third-order valence-electron chi connectivity index (χ3n) is 2.26. The average molecular weight is 415 g/mol. The summed E-state index contributed by atoms with van der Waals surface area (Å²) in [5.74, 6) is -6.51. The van der Waals surface area contributed by atoms with Crippen molar-refractivity contribution in [3.05, 3.63) is 0 Å². The van der Waals surface area contributed by atoms with Gasteiger partial charge in [-0.05, 0) is 0 Å². The van der Waals surface area contributed by atoms with Crippen LogP contribution in [0.15, 0.2) is 0 Å². The topological polar surface area (TPSA) is 167 Å². The number of halogens is 1. The van der Waals surface area contributed by atoms with Crippen LogP contribution in [0, 0.1) is 0 Å². The normalized spacial score (nSPS) is 10.4. The summed E-state index contributed by atoms with van der Waals surface area (Å²) in [6.45, 7) is -3.02. The Morgan fingerprint density at radius 2 is 1.08 bits per heavy atom. The van der Waals surface area contributed by atoms with Gasteiger partial charge in [0.2, 0.25) is 0 Å². The van der Waals surface area contributed by atoms with E-state index in [9.17, 15) is 39.6 Å². The zero-order valence-corrected chi connectivity index (χ0v) is 23.4. The van der Waals surface area contributed by atoms with Gasteiger partial charge >= 0.3 is 118 Å². The van der Waals surface area contributed by atoms with Crippen molar-refractivity contribution in [2.24, 2.45) is 0 Å². The summed E-state index contributed by atoms with van der Waals surface area (Å²) in [7, 11) is 0. The van der Waals surface area contributed by atoms with E-state index in [2.05, 4.69) is 0 Å². The Kier molecular flexibility index (Phi) is 31.5. The number of alkyl halides is 1. The van der Waals surface area contributed by atoms with Crippen LogP contribution in [-0.4, -0.2) is 71.9 Å². The molecule has 0 aromatic rings. The van der Waals surface area contributed by atoms with E-state index in [0.717, 1.165) is 4.90 Å². The Bertz CT molecular complexity index is 416. The summed E-state index contributed by atoms with van der Waals surface area (Å²) in [4.78, 5) is 43.5. The van der Waals surface area contributed by atoms with Crippen LogP contribution >= 0.6 is 11.6 Å². The second-order valence-electron chi connectivity index (χ2n) is 3.95. The molecule has 0 heterocycles. The number of nitrogens with zero attached hydrogens (tertiary/aromatic N) is 2. The molecule has 0 aliphatic heterocycles. The third-order valence-corrected chi connectivity index (χ3v) is 2.71. The molecule has 0 amide bonds. The number of carboxylic acid groups (broad SMARTS) is 4. The van der Waals surface area contributed by atoms with E-state index in [0.29, 0.717) is 4.90 Å². The summed E-state index contributed by atoms with van der Waals surface area (Å²) in [6, 6.07) is 0. The van der Waals surface area contributed by atoms with Gasteiger partial charge in [-0.25, -0.2) is 0 Å². The predicted molar refractivity (Wildman–Crippen MR) is 57.7 cm³/mol. The summed E-state index contributed by atoms with van der Waals surface area (Å²) in [6.07, 6.45) is 0. The van der Waals surface area contributed by atoms with E-state index >= 15 is 0 Å². The Hall–Kier alpha value is 2.09. The van der Waals surface area contributed by atoms with Crippen LogP contribution < -0.4 is 139 Å². The fraction of sp³-hybridized carbons (Fsp3) is 0.600. The first kappa shape index (κ1) is 37.8. The zero-order chi connectivity index (χ0) is 16.6. The zero-order valence-electron chi connectivity index (χ0n) is 14.7. The van der Waals surface area contributed by atoms with Gasteiger partial charge in [0, 0.05) is 32.7 Å². The number of carboxylic acids is 4. The molecule has 1 atom stereocenters. The van der Waals surface area contributed by atoms with Crippen LogP contribution in [0.2, 0.25) is 0 Å². The van der Waals surface area contributed by atoms with Gasteiger partial charge in [-0.1, -0.05) is 11.6 Å². The molecule has 0 fully saturated rings. The van der Waals surface area contributed by atoms with Crippen molar-refractivity contribution < 1.29 is 158 Å². The molecule has 0 N–H and O–H groups in total. The molecule has 15 heteroatoms. The second-order valence-corrected chi connectivity index (χ2v) is 4.37. The Morgan fingerprint density at radius 3 is 1.36 bits per heavy atom. The van der Waals surface area contributed by atoms with E-state index in [1.165, 1.54) is 0 Å². The quantitative estimate of drug-likeness (QED) is 0.180. The molecule has 10 nitrogen and oxygen atoms in total. The molecular formula is C10H11ClN2Na4O8. The largest absolute Gasteiger partial charge is 1.00 e. The van der Waals surface area contributed by atoms with Gasteiger partial charge in [-0.2, -0.15) is 0 Å². The molecule has 0 spiro atoms. The van der Waals surface area contributed by atoms with Crippen molar-refractivity contribution in [3.8, 4) is 0 Å². The number of carbonyl (C=O) groups is 4. The van der Waals surface area contributed by atoms with Crippen molar-refractivity contribution in [1.29, 1.82) is 0 Å². The van der Waals surface area contributed by atoms with Gasteiger partial charge in [0.15, 0.2) is 0 Å². The van der Waals surface area contributed by atoms with Gasteiger partial charge < -0.3 is 39.6 Å². The van der Waals surface area contributed by atoms with Crippen molar-refractivity contribution in [3.63, 3.8) is 0 Å². The van der Waals surface area contributed by atoms with Crippen molar-refractivity contribution in [2.45, 2.75) is 5.50 Å². The van der Waals surface area contributed by atoms with Crippen molar-refractivity contribution in [1.82, 2.24) is 9.80 Å². The minimum absolute atomic E-state index is 0. The molecule has 0 aliphatic carbocycles. The van der Waals surface area contributed by atoms with E-state index in [4.69, 9.17) is 11.6 Å². The first-order valence-electron chi connectivity index (χ1n) is 5.54. The summed E-state index contributed by atoms with van der Waals surface area (Å²) >= 11 is 5.42. The minimum atomic E-state index is -1.80. The molecule has 0 rings (SSSR count). The molecule has 120 valence electrons. The van der Waals surface area contributed by atoms with Crippen LogP contribution in [0.4, 0.5) is 0 Å². The molecule has 0 aromatic carbocycles. The fourth-order valence-electron chi connectivity index (χ4n) is 1.44. The van der Waals surface area contributed by atoms with Crippen LogP contribution in [0.25, 0.3) is 0 Å². The molecular weight excluding hydrogens is 404 g/mol. The maximum Gasteiger partial charge on any atom is 1.00 e. The molecule has 0 bridgehead atoms. The van der Waals surface area contributed by atoms with Gasteiger partial charge in [0.1, 0.15) is 5.50 Å². The Labute approximate surface area is 237 Å². The summed E-state index contributed by atoms with van der Waals surface area (Å²) < 4.78 is 0. The monoisotopic (exact) mass is 414 g/mol. The molecule has 0 radical (unpaired) electrons. The first-order chi connectivity index (χ1) is 9.63. The van der Waals surface area contributed by atoms with E-state index < -0.39 is 49.0 Å². The predicted octanol–water partition coefficient (Wildman–Crippen LogP) is -18.8. The number of hydrogen-bond donors (Lipinski definition) is 0. The van der Waals surface area contributed by atoms with Crippen LogP contribution in [0.5, 0.6) is 0 Å². The van der Waals surface area contributed by atoms with Crippen LogP contribution in [-0.2, 0) is 19.2 Å². The molecule has 0 aliphatic rings. The van der Waals surface area contributed by atoms with Crippen molar-refractivity contribution in [2.75, 3.05) is 32.7 Å². The maximum absolute atomic E-state index is 10.6. The summed E-state index contributed by atoms with van der Waals surface area (Å²) in [5, 5.41) is 42.0. The third kappa shape index (κ3) is 20.6. The molecule has 0 saturated carbocycles. The average Bonchev–Trinajstić information content (AvgIpc) is 2.31. The Morgan fingerprint density at radius 1 is 0.720 bits per heavy atom. The minimum Gasteiger partial charge on any atom is -0.549 e. The smallest absolute Gasteiger partial charge is 0.549 e.